The van der Waals surface area contributed by atoms with Crippen LogP contribution in [0.15, 0.2) is 16.5 Å². The third-order valence-electron chi connectivity index (χ3n) is 0.865. The summed E-state index contributed by atoms with van der Waals surface area (Å²) >= 11 is 1.61. The van der Waals surface area contributed by atoms with E-state index in [0.717, 1.165) is 0 Å². The van der Waals surface area contributed by atoms with Crippen molar-refractivity contribution in [1.82, 2.24) is 4.37 Å². The van der Waals surface area contributed by atoms with Crippen molar-refractivity contribution in [2.75, 3.05) is 12.5 Å². The van der Waals surface area contributed by atoms with Crippen LogP contribution in [-0.2, 0) is 0 Å². The largest absolute Gasteiger partial charge is 0.222 e. The highest BCUT2D eigenvalue weighted by atomic mass is 32.2. The molecule has 1 heterocycles. The van der Waals surface area contributed by atoms with Gasteiger partial charge in [0.15, 0.2) is 0 Å². The van der Waals surface area contributed by atoms with Crippen molar-refractivity contribution in [1.29, 1.82) is 0 Å². The summed E-state index contributed by atoms with van der Waals surface area (Å²) in [4.78, 5) is 0. The molecular formula is C5H9NS2. The van der Waals surface area contributed by atoms with E-state index < -0.39 is 0 Å². The molecule has 0 saturated heterocycles. The van der Waals surface area contributed by atoms with Crippen LogP contribution in [0, 0.1) is 0 Å². The maximum atomic E-state index is 4.00. The molecule has 0 saturated carbocycles. The van der Waals surface area contributed by atoms with E-state index in [1.54, 1.807) is 11.5 Å². The van der Waals surface area contributed by atoms with E-state index in [-0.39, 0.29) is 10.9 Å². The van der Waals surface area contributed by atoms with Gasteiger partial charge in [-0.2, -0.15) is 0 Å². The Morgan fingerprint density at radius 1 is 1.62 bits per heavy atom. The van der Waals surface area contributed by atoms with E-state index in [0.29, 0.717) is 0 Å². The van der Waals surface area contributed by atoms with E-state index in [4.69, 9.17) is 0 Å². The molecule has 0 N–H and O–H groups in total. The Kier molecular flexibility index (Phi) is 1.91. The van der Waals surface area contributed by atoms with Gasteiger partial charge in [-0.3, -0.25) is 0 Å². The van der Waals surface area contributed by atoms with Crippen LogP contribution in [0.1, 0.15) is 0 Å². The number of thiol groups is 1. The topological polar surface area (TPSA) is 12.9 Å². The van der Waals surface area contributed by atoms with Crippen molar-refractivity contribution in [2.45, 2.75) is 4.21 Å². The summed E-state index contributed by atoms with van der Waals surface area (Å²) in [5.74, 6) is 0. The van der Waals surface area contributed by atoms with Crippen LogP contribution < -0.4 is 0 Å². The van der Waals surface area contributed by atoms with E-state index in [1.807, 2.05) is 6.20 Å². The first-order valence-corrected chi connectivity index (χ1v) is 5.39. The standard InChI is InChI=1S/C5H9NS2/c1-8(2)5-3-4-6-7-5/h3-4,8H,1-2H3. The molecule has 3 heteroatoms. The highest BCUT2D eigenvalue weighted by Crippen LogP contribution is 2.30. The maximum absolute atomic E-state index is 4.00. The van der Waals surface area contributed by atoms with Crippen molar-refractivity contribution in [2.24, 2.45) is 0 Å². The molecule has 0 atom stereocenters. The summed E-state index contributed by atoms with van der Waals surface area (Å²) in [5, 5.41) is 0. The second-order valence-corrected chi connectivity index (χ2v) is 5.15. The van der Waals surface area contributed by atoms with Crippen molar-refractivity contribution in [3.05, 3.63) is 12.3 Å². The molecule has 1 aromatic heterocycles. The molecule has 0 aliphatic heterocycles. The third kappa shape index (κ3) is 1.23. The quantitative estimate of drug-likeness (QED) is 0.597. The average Bonchev–Trinajstić information content (AvgIpc) is 2.12. The summed E-state index contributed by atoms with van der Waals surface area (Å²) in [7, 11) is 0.0975. The molecule has 1 nitrogen and oxygen atoms in total. The van der Waals surface area contributed by atoms with Crippen molar-refractivity contribution >= 4 is 22.4 Å². The van der Waals surface area contributed by atoms with Crippen molar-refractivity contribution < 1.29 is 0 Å². The van der Waals surface area contributed by atoms with Gasteiger partial charge in [0.1, 0.15) is 0 Å². The summed E-state index contributed by atoms with van der Waals surface area (Å²) in [6, 6.07) is 2.09. The molecule has 0 unspecified atom stereocenters. The highest BCUT2D eigenvalue weighted by molar-refractivity contribution is 8.17. The molecular weight excluding hydrogens is 138 g/mol. The fourth-order valence-corrected chi connectivity index (χ4v) is 1.95. The molecule has 0 bridgehead atoms. The summed E-state index contributed by atoms with van der Waals surface area (Å²) in [6.07, 6.45) is 6.34. The van der Waals surface area contributed by atoms with Crippen LogP contribution in [0.5, 0.6) is 0 Å². The zero-order valence-electron chi connectivity index (χ0n) is 4.96. The van der Waals surface area contributed by atoms with Gasteiger partial charge in [0.2, 0.25) is 0 Å². The van der Waals surface area contributed by atoms with Crippen LogP contribution in [-0.4, -0.2) is 16.9 Å². The predicted octanol–water partition coefficient (Wildman–Crippen LogP) is 1.76. The van der Waals surface area contributed by atoms with Crippen LogP contribution in [0.2, 0.25) is 0 Å². The van der Waals surface area contributed by atoms with Gasteiger partial charge in [0, 0.05) is 6.20 Å². The third-order valence-corrected chi connectivity index (χ3v) is 3.79. The second-order valence-electron chi connectivity index (χ2n) is 1.75. The highest BCUT2D eigenvalue weighted by Gasteiger charge is 1.92. The molecule has 1 aromatic rings. The van der Waals surface area contributed by atoms with Gasteiger partial charge in [-0.15, -0.1) is 0 Å². The Morgan fingerprint density at radius 3 is 2.62 bits per heavy atom. The monoisotopic (exact) mass is 147 g/mol. The van der Waals surface area contributed by atoms with Gasteiger partial charge < -0.3 is 0 Å². The van der Waals surface area contributed by atoms with Gasteiger partial charge in [0.05, 0.1) is 4.21 Å². The Labute approximate surface area is 56.3 Å². The molecule has 0 aromatic carbocycles. The van der Waals surface area contributed by atoms with Gasteiger partial charge in [-0.05, 0) is 30.1 Å². The Balaban J connectivity index is 2.77. The van der Waals surface area contributed by atoms with Crippen molar-refractivity contribution in [3.8, 4) is 0 Å². The smallest absolute Gasteiger partial charge is 0.0606 e. The van der Waals surface area contributed by atoms with Crippen LogP contribution in [0.4, 0.5) is 0 Å². The van der Waals surface area contributed by atoms with Crippen molar-refractivity contribution in [3.63, 3.8) is 0 Å². The number of aromatic nitrogens is 1. The summed E-state index contributed by atoms with van der Waals surface area (Å²) in [5.41, 5.74) is 0. The molecule has 8 heavy (non-hydrogen) atoms. The van der Waals surface area contributed by atoms with E-state index in [9.17, 15) is 0 Å². The van der Waals surface area contributed by atoms with Crippen LogP contribution >= 0.6 is 22.4 Å². The molecule has 0 aliphatic rings. The lowest BCUT2D eigenvalue weighted by molar-refractivity contribution is 1.57. The van der Waals surface area contributed by atoms with E-state index >= 15 is 0 Å². The molecule has 0 aliphatic carbocycles. The first-order valence-electron chi connectivity index (χ1n) is 2.38. The Hall–Kier alpha value is -0.0200. The SMILES string of the molecule is C[SH](C)c1ccns1. The first-order chi connectivity index (χ1) is 3.80. The molecule has 46 valence electrons. The van der Waals surface area contributed by atoms with Gasteiger partial charge in [-0.1, -0.05) is 0 Å². The Morgan fingerprint density at radius 2 is 2.38 bits per heavy atom. The normalized spacial score (nSPS) is 11.5. The van der Waals surface area contributed by atoms with Gasteiger partial charge in [0.25, 0.3) is 0 Å². The second kappa shape index (κ2) is 2.51. The van der Waals surface area contributed by atoms with E-state index in [2.05, 4.69) is 23.0 Å². The number of rotatable bonds is 1. The lowest BCUT2D eigenvalue weighted by atomic mass is 10.8. The minimum absolute atomic E-state index is 0.0975. The lowest BCUT2D eigenvalue weighted by Gasteiger charge is -2.00. The average molecular weight is 147 g/mol. The van der Waals surface area contributed by atoms with E-state index in [1.165, 1.54) is 4.21 Å². The van der Waals surface area contributed by atoms with Gasteiger partial charge >= 0.3 is 0 Å². The van der Waals surface area contributed by atoms with Gasteiger partial charge in [-0.25, -0.2) is 15.3 Å². The molecule has 0 radical (unpaired) electrons. The minimum atomic E-state index is 0.0975. The molecule has 0 fully saturated rings. The summed E-state index contributed by atoms with van der Waals surface area (Å²) in [6.45, 7) is 0. The maximum Gasteiger partial charge on any atom is 0.0606 e. The minimum Gasteiger partial charge on any atom is -0.222 e. The number of hydrogen-bond donors (Lipinski definition) is 1. The summed E-state index contributed by atoms with van der Waals surface area (Å²) < 4.78 is 5.43. The molecule has 1 rings (SSSR count). The number of nitrogens with zero attached hydrogens (tertiary/aromatic N) is 1. The van der Waals surface area contributed by atoms with Crippen LogP contribution in [0.3, 0.4) is 0 Å². The zero-order chi connectivity index (χ0) is 5.98. The fraction of sp³-hybridized carbons (Fsp3) is 0.400. The zero-order valence-corrected chi connectivity index (χ0v) is 6.67. The Bertz CT molecular complexity index is 145. The first kappa shape index (κ1) is 6.11. The van der Waals surface area contributed by atoms with Crippen LogP contribution in [0.25, 0.3) is 0 Å². The molecule has 0 spiro atoms. The fourth-order valence-electron chi connectivity index (χ4n) is 0.440. The molecule has 0 amide bonds. The predicted molar refractivity (Wildman–Crippen MR) is 41.2 cm³/mol. The lowest BCUT2D eigenvalue weighted by Crippen LogP contribution is -1.65. The number of hydrogen-bond acceptors (Lipinski definition) is 2.